The van der Waals surface area contributed by atoms with Gasteiger partial charge >= 0.3 is 5.97 Å². The molecular formula is C11H13N3O5. The van der Waals surface area contributed by atoms with Crippen LogP contribution in [0.5, 0.6) is 5.75 Å². The van der Waals surface area contributed by atoms with Gasteiger partial charge in [-0.15, -0.1) is 0 Å². The predicted molar refractivity (Wildman–Crippen MR) is 64.6 cm³/mol. The Kier molecular flexibility index (Phi) is 5.62. The molecular weight excluding hydrogens is 254 g/mol. The number of aliphatic hydroxyl groups is 2. The van der Waals surface area contributed by atoms with Crippen LogP contribution < -0.4 is 4.74 Å². The highest BCUT2D eigenvalue weighted by molar-refractivity contribution is 5.68. The lowest BCUT2D eigenvalue weighted by Crippen LogP contribution is -2.21. The van der Waals surface area contributed by atoms with Gasteiger partial charge in [-0.1, -0.05) is 17.2 Å². The molecule has 0 aliphatic rings. The van der Waals surface area contributed by atoms with E-state index in [2.05, 4.69) is 10.0 Å². The van der Waals surface area contributed by atoms with Crippen molar-refractivity contribution in [3.05, 3.63) is 40.3 Å². The Labute approximate surface area is 108 Å². The fourth-order valence-corrected chi connectivity index (χ4v) is 1.35. The van der Waals surface area contributed by atoms with Gasteiger partial charge in [0.25, 0.3) is 0 Å². The van der Waals surface area contributed by atoms with Crippen LogP contribution >= 0.6 is 0 Å². The van der Waals surface area contributed by atoms with Gasteiger partial charge in [0.15, 0.2) is 6.61 Å². The largest absolute Gasteiger partial charge is 0.482 e. The van der Waals surface area contributed by atoms with E-state index in [1.54, 1.807) is 0 Å². The van der Waals surface area contributed by atoms with Gasteiger partial charge in [-0.3, -0.25) is 0 Å². The Hall–Kier alpha value is -2.28. The standard InChI is InChI=1S/C11H13N3O5/c12-14-13-5-9(15)11(18)7-1-3-8(4-2-7)19-6-10(16)17/h1-4,9,11,15,18H,5-6H2,(H,16,17). The Bertz CT molecular complexity index is 470. The summed E-state index contributed by atoms with van der Waals surface area (Å²) < 4.78 is 4.92. The molecule has 2 unspecified atom stereocenters. The van der Waals surface area contributed by atoms with Crippen LogP contribution in [0.15, 0.2) is 29.4 Å². The number of hydrogen-bond donors (Lipinski definition) is 3. The summed E-state index contributed by atoms with van der Waals surface area (Å²) in [5, 5.41) is 30.9. The number of benzene rings is 1. The zero-order valence-corrected chi connectivity index (χ0v) is 9.88. The van der Waals surface area contributed by atoms with E-state index in [0.717, 1.165) is 0 Å². The van der Waals surface area contributed by atoms with Crippen LogP contribution in [-0.4, -0.2) is 40.5 Å². The summed E-state index contributed by atoms with van der Waals surface area (Å²) in [6, 6.07) is 5.92. The SMILES string of the molecule is [N-]=[N+]=NCC(O)C(O)c1ccc(OCC(=O)O)cc1. The zero-order chi connectivity index (χ0) is 14.3. The first-order valence-corrected chi connectivity index (χ1v) is 5.36. The summed E-state index contributed by atoms with van der Waals surface area (Å²) in [5.41, 5.74) is 8.51. The maximum atomic E-state index is 10.3. The maximum Gasteiger partial charge on any atom is 0.341 e. The predicted octanol–water partition coefficient (Wildman–Crippen LogP) is 0.855. The lowest BCUT2D eigenvalue weighted by atomic mass is 10.0. The highest BCUT2D eigenvalue weighted by Crippen LogP contribution is 2.20. The van der Waals surface area contributed by atoms with Crippen molar-refractivity contribution in [1.82, 2.24) is 0 Å². The molecule has 0 aliphatic carbocycles. The third kappa shape index (κ3) is 4.84. The number of carbonyl (C=O) groups is 1. The first-order valence-electron chi connectivity index (χ1n) is 5.36. The molecule has 2 atom stereocenters. The van der Waals surface area contributed by atoms with Crippen molar-refractivity contribution in [2.24, 2.45) is 5.11 Å². The Morgan fingerprint density at radius 1 is 1.37 bits per heavy atom. The van der Waals surface area contributed by atoms with Gasteiger partial charge in [0.05, 0.1) is 12.6 Å². The second-order valence-electron chi connectivity index (χ2n) is 3.68. The summed E-state index contributed by atoms with van der Waals surface area (Å²) in [6.45, 7) is -0.698. The van der Waals surface area contributed by atoms with Crippen LogP contribution in [0.25, 0.3) is 10.4 Å². The molecule has 1 rings (SSSR count). The van der Waals surface area contributed by atoms with Gasteiger partial charge in [-0.2, -0.15) is 0 Å². The van der Waals surface area contributed by atoms with Gasteiger partial charge in [0.1, 0.15) is 11.9 Å². The van der Waals surface area contributed by atoms with Crippen LogP contribution in [0.2, 0.25) is 0 Å². The molecule has 0 radical (unpaired) electrons. The van der Waals surface area contributed by atoms with Gasteiger partial charge in [-0.05, 0) is 23.2 Å². The van der Waals surface area contributed by atoms with Crippen molar-refractivity contribution in [2.45, 2.75) is 12.2 Å². The van der Waals surface area contributed by atoms with E-state index >= 15 is 0 Å². The Morgan fingerprint density at radius 3 is 2.53 bits per heavy atom. The number of ether oxygens (including phenoxy) is 1. The normalized spacial score (nSPS) is 13.2. The fourth-order valence-electron chi connectivity index (χ4n) is 1.35. The average molecular weight is 267 g/mol. The minimum absolute atomic E-state index is 0.241. The molecule has 0 aromatic heterocycles. The van der Waals surface area contributed by atoms with Crippen molar-refractivity contribution in [3.8, 4) is 5.75 Å². The van der Waals surface area contributed by atoms with Crippen LogP contribution in [0.4, 0.5) is 0 Å². The number of rotatable bonds is 7. The molecule has 0 spiro atoms. The van der Waals surface area contributed by atoms with Gasteiger partial charge < -0.3 is 20.1 Å². The summed E-state index contributed by atoms with van der Waals surface area (Å²) in [6.07, 6.45) is -2.40. The van der Waals surface area contributed by atoms with Crippen molar-refractivity contribution >= 4 is 5.97 Å². The van der Waals surface area contributed by atoms with E-state index in [0.29, 0.717) is 11.3 Å². The van der Waals surface area contributed by atoms with Gasteiger partial charge in [0, 0.05) is 4.91 Å². The molecule has 3 N–H and O–H groups in total. The van der Waals surface area contributed by atoms with E-state index in [1.165, 1.54) is 24.3 Å². The molecule has 8 heteroatoms. The van der Waals surface area contributed by atoms with Gasteiger partial charge in [-0.25, -0.2) is 4.79 Å². The Morgan fingerprint density at radius 2 is 2.00 bits per heavy atom. The molecule has 1 aromatic carbocycles. The van der Waals surface area contributed by atoms with Crippen molar-refractivity contribution < 1.29 is 24.9 Å². The topological polar surface area (TPSA) is 136 Å². The second kappa shape index (κ2) is 7.22. The van der Waals surface area contributed by atoms with E-state index in [9.17, 15) is 15.0 Å². The molecule has 0 saturated heterocycles. The number of aliphatic hydroxyl groups excluding tert-OH is 2. The van der Waals surface area contributed by atoms with Crippen LogP contribution in [0.3, 0.4) is 0 Å². The van der Waals surface area contributed by atoms with E-state index < -0.39 is 24.8 Å². The highest BCUT2D eigenvalue weighted by atomic mass is 16.5. The minimum atomic E-state index is -1.21. The molecule has 102 valence electrons. The molecule has 0 aliphatic heterocycles. The summed E-state index contributed by atoms with van der Waals surface area (Å²) in [7, 11) is 0. The zero-order valence-electron chi connectivity index (χ0n) is 9.88. The minimum Gasteiger partial charge on any atom is -0.482 e. The van der Waals surface area contributed by atoms with Crippen LogP contribution in [-0.2, 0) is 4.79 Å². The lowest BCUT2D eigenvalue weighted by molar-refractivity contribution is -0.139. The van der Waals surface area contributed by atoms with E-state index in [1.807, 2.05) is 0 Å². The first-order chi connectivity index (χ1) is 9.04. The molecule has 0 saturated carbocycles. The summed E-state index contributed by atoms with van der Waals surface area (Å²) in [5.74, 6) is -0.753. The molecule has 0 fully saturated rings. The molecule has 1 aromatic rings. The van der Waals surface area contributed by atoms with Crippen molar-refractivity contribution in [3.63, 3.8) is 0 Å². The second-order valence-corrected chi connectivity index (χ2v) is 3.68. The highest BCUT2D eigenvalue weighted by Gasteiger charge is 2.17. The smallest absolute Gasteiger partial charge is 0.341 e. The lowest BCUT2D eigenvalue weighted by Gasteiger charge is -2.16. The number of carboxylic acid groups (broad SMARTS) is 1. The molecule has 19 heavy (non-hydrogen) atoms. The number of nitrogens with zero attached hydrogens (tertiary/aromatic N) is 3. The van der Waals surface area contributed by atoms with E-state index in [4.69, 9.17) is 15.4 Å². The van der Waals surface area contributed by atoms with Crippen molar-refractivity contribution in [2.75, 3.05) is 13.2 Å². The van der Waals surface area contributed by atoms with Gasteiger partial charge in [0.2, 0.25) is 0 Å². The van der Waals surface area contributed by atoms with E-state index in [-0.39, 0.29) is 6.54 Å². The third-order valence-corrected chi connectivity index (χ3v) is 2.28. The van der Waals surface area contributed by atoms with Crippen LogP contribution in [0, 0.1) is 0 Å². The maximum absolute atomic E-state index is 10.3. The molecule has 0 amide bonds. The number of aliphatic carboxylic acids is 1. The van der Waals surface area contributed by atoms with Crippen molar-refractivity contribution in [1.29, 1.82) is 0 Å². The number of carboxylic acids is 1. The Balaban J connectivity index is 2.64. The summed E-state index contributed by atoms with van der Waals surface area (Å²) >= 11 is 0. The molecule has 8 nitrogen and oxygen atoms in total. The first kappa shape index (κ1) is 14.8. The monoisotopic (exact) mass is 267 g/mol. The third-order valence-electron chi connectivity index (χ3n) is 2.28. The fraction of sp³-hybridized carbons (Fsp3) is 0.364. The average Bonchev–Trinajstić information content (AvgIpc) is 2.42. The summed E-state index contributed by atoms with van der Waals surface area (Å²) in [4.78, 5) is 12.8. The van der Waals surface area contributed by atoms with Crippen LogP contribution in [0.1, 0.15) is 11.7 Å². The number of hydrogen-bond acceptors (Lipinski definition) is 5. The number of azide groups is 1. The quantitative estimate of drug-likeness (QED) is 0.382. The molecule has 0 heterocycles. The molecule has 0 bridgehead atoms.